The van der Waals surface area contributed by atoms with E-state index >= 15 is 0 Å². The third-order valence-corrected chi connectivity index (χ3v) is 11.5. The van der Waals surface area contributed by atoms with Crippen molar-refractivity contribution in [3.8, 4) is 22.3 Å². The second-order valence-corrected chi connectivity index (χ2v) is 13.8. The van der Waals surface area contributed by atoms with Crippen LogP contribution in [0.4, 0.5) is 0 Å². The van der Waals surface area contributed by atoms with E-state index in [-0.39, 0.29) is 0 Å². The first-order chi connectivity index (χ1) is 21.8. The molecule has 2 aromatic heterocycles. The summed E-state index contributed by atoms with van der Waals surface area (Å²) >= 11 is 3.82. The Labute approximate surface area is 262 Å². The van der Waals surface area contributed by atoms with Crippen molar-refractivity contribution < 1.29 is 0 Å². The molecule has 0 aliphatic rings. The minimum Gasteiger partial charge on any atom is -0.135 e. The molecule has 2 heterocycles. The van der Waals surface area contributed by atoms with Gasteiger partial charge in [0.25, 0.3) is 0 Å². The minimum absolute atomic E-state index is 1.25. The second kappa shape index (κ2) is 9.24. The monoisotopic (exact) mass is 592 g/mol. The summed E-state index contributed by atoms with van der Waals surface area (Å²) in [5.74, 6) is 0. The number of fused-ring (bicyclic) bond motifs is 10. The van der Waals surface area contributed by atoms with Crippen molar-refractivity contribution in [2.24, 2.45) is 0 Å². The van der Waals surface area contributed by atoms with Gasteiger partial charge in [-0.2, -0.15) is 0 Å². The van der Waals surface area contributed by atoms with E-state index in [0.717, 1.165) is 0 Å². The number of hydrogen-bond donors (Lipinski definition) is 0. The molecule has 10 aromatic rings. The molecular weight excluding hydrogens is 569 g/mol. The Bertz CT molecular complexity index is 2700. The largest absolute Gasteiger partial charge is 0.135 e. The second-order valence-electron chi connectivity index (χ2n) is 11.6. The molecule has 8 aromatic carbocycles. The fourth-order valence-corrected chi connectivity index (χ4v) is 9.65. The highest BCUT2D eigenvalue weighted by molar-refractivity contribution is 7.28. The van der Waals surface area contributed by atoms with Crippen molar-refractivity contribution in [2.45, 2.75) is 0 Å². The lowest BCUT2D eigenvalue weighted by molar-refractivity contribution is 1.66. The van der Waals surface area contributed by atoms with Crippen LogP contribution in [0.25, 0.3) is 94.9 Å². The molecule has 0 saturated heterocycles. The minimum atomic E-state index is 1.25. The fraction of sp³-hybridized carbons (Fsp3) is 0. The molecule has 0 spiro atoms. The van der Waals surface area contributed by atoms with Gasteiger partial charge in [0.2, 0.25) is 0 Å². The summed E-state index contributed by atoms with van der Waals surface area (Å²) in [5.41, 5.74) is 5.14. The number of rotatable bonds is 2. The van der Waals surface area contributed by atoms with E-state index in [0.29, 0.717) is 0 Å². The molecule has 0 bridgehead atoms. The lowest BCUT2D eigenvalue weighted by Gasteiger charge is -2.17. The van der Waals surface area contributed by atoms with Gasteiger partial charge in [0, 0.05) is 40.3 Å². The highest BCUT2D eigenvalue weighted by Crippen LogP contribution is 2.47. The molecule has 0 aliphatic heterocycles. The Morgan fingerprint density at radius 3 is 1.57 bits per heavy atom. The number of thiophene rings is 2. The Morgan fingerprint density at radius 2 is 0.841 bits per heavy atom. The van der Waals surface area contributed by atoms with Gasteiger partial charge in [0.1, 0.15) is 0 Å². The zero-order chi connectivity index (χ0) is 28.8. The van der Waals surface area contributed by atoms with Gasteiger partial charge in [-0.1, -0.05) is 115 Å². The molecule has 0 saturated carbocycles. The van der Waals surface area contributed by atoms with Gasteiger partial charge in [0.15, 0.2) is 0 Å². The first-order valence-electron chi connectivity index (χ1n) is 15.0. The number of benzene rings is 8. The van der Waals surface area contributed by atoms with E-state index in [1.54, 1.807) is 0 Å². The average Bonchev–Trinajstić information content (AvgIpc) is 3.63. The van der Waals surface area contributed by atoms with Crippen LogP contribution in [0.3, 0.4) is 0 Å². The van der Waals surface area contributed by atoms with Gasteiger partial charge in [-0.15, -0.1) is 22.7 Å². The third kappa shape index (κ3) is 3.44. The van der Waals surface area contributed by atoms with Crippen LogP contribution in [0.15, 0.2) is 146 Å². The molecule has 0 atom stereocenters. The SMILES string of the molecule is c1ccc(-c2c3ccccc3c(-c3ccc4sc5cc6sc7ccc8ccccc8c7c6cc5c4c3)c3ccccc23)cc1. The van der Waals surface area contributed by atoms with Crippen LogP contribution in [0.1, 0.15) is 0 Å². The summed E-state index contributed by atoms with van der Waals surface area (Å²) in [6, 6.07) is 54.0. The van der Waals surface area contributed by atoms with E-state index in [1.807, 2.05) is 22.7 Å². The van der Waals surface area contributed by atoms with Crippen LogP contribution in [0, 0.1) is 0 Å². The summed E-state index contributed by atoms with van der Waals surface area (Å²) in [5, 5.41) is 13.2. The van der Waals surface area contributed by atoms with Crippen molar-refractivity contribution in [2.75, 3.05) is 0 Å². The van der Waals surface area contributed by atoms with Crippen molar-refractivity contribution in [3.63, 3.8) is 0 Å². The lowest BCUT2D eigenvalue weighted by atomic mass is 9.86. The molecule has 0 aliphatic carbocycles. The summed E-state index contributed by atoms with van der Waals surface area (Å²) in [6.45, 7) is 0. The zero-order valence-corrected chi connectivity index (χ0v) is 25.3. The van der Waals surface area contributed by atoms with Crippen LogP contribution in [-0.4, -0.2) is 0 Å². The molecule has 0 nitrogen and oxygen atoms in total. The van der Waals surface area contributed by atoms with Gasteiger partial charge in [-0.05, 0) is 84.9 Å². The molecule has 0 N–H and O–H groups in total. The smallest absolute Gasteiger partial charge is 0.0370 e. The summed E-state index contributed by atoms with van der Waals surface area (Å²) in [7, 11) is 0. The highest BCUT2D eigenvalue weighted by atomic mass is 32.1. The number of hydrogen-bond acceptors (Lipinski definition) is 2. The van der Waals surface area contributed by atoms with Crippen molar-refractivity contribution in [3.05, 3.63) is 146 Å². The molecule has 0 amide bonds. The summed E-state index contributed by atoms with van der Waals surface area (Å²) in [4.78, 5) is 0. The van der Waals surface area contributed by atoms with Gasteiger partial charge >= 0.3 is 0 Å². The molecule has 204 valence electrons. The normalized spacial score (nSPS) is 12.1. The maximum absolute atomic E-state index is 2.47. The molecule has 2 heteroatoms. The Kier molecular flexibility index (Phi) is 5.13. The van der Waals surface area contributed by atoms with Crippen molar-refractivity contribution in [1.29, 1.82) is 0 Å². The summed E-state index contributed by atoms with van der Waals surface area (Å²) < 4.78 is 5.42. The first-order valence-corrected chi connectivity index (χ1v) is 16.6. The van der Waals surface area contributed by atoms with Crippen LogP contribution in [-0.2, 0) is 0 Å². The quantitative estimate of drug-likeness (QED) is 0.175. The standard InChI is InChI=1S/C42H24S2/c1-2-11-26(12-3-1)40-29-14-6-8-16-31(29)41(32-17-9-7-15-30(32)40)27-19-20-36-33(22-27)34-23-35-39(24-38(34)43-36)44-37-21-18-25-10-4-5-13-28(25)42(35)37/h1-24H. The lowest BCUT2D eigenvalue weighted by Crippen LogP contribution is -1.90. The van der Waals surface area contributed by atoms with Gasteiger partial charge in [-0.25, -0.2) is 0 Å². The van der Waals surface area contributed by atoms with Gasteiger partial charge < -0.3 is 0 Å². The van der Waals surface area contributed by atoms with Crippen molar-refractivity contribution in [1.82, 2.24) is 0 Å². The molecule has 0 unspecified atom stereocenters. The predicted octanol–water partition coefficient (Wildman–Crippen LogP) is 13.2. The Morgan fingerprint density at radius 1 is 0.295 bits per heavy atom. The Hall–Kier alpha value is -5.02. The van der Waals surface area contributed by atoms with Crippen LogP contribution in [0.5, 0.6) is 0 Å². The molecule has 44 heavy (non-hydrogen) atoms. The van der Waals surface area contributed by atoms with Crippen LogP contribution < -0.4 is 0 Å². The van der Waals surface area contributed by atoms with E-state index in [1.165, 1.54) is 94.9 Å². The van der Waals surface area contributed by atoms with Crippen LogP contribution >= 0.6 is 22.7 Å². The maximum Gasteiger partial charge on any atom is 0.0370 e. The molecule has 10 rings (SSSR count). The fourth-order valence-electron chi connectivity index (χ4n) is 7.33. The van der Waals surface area contributed by atoms with Crippen molar-refractivity contribution >= 4 is 95.3 Å². The first kappa shape index (κ1) is 24.4. The topological polar surface area (TPSA) is 0 Å². The maximum atomic E-state index is 2.47. The summed E-state index contributed by atoms with van der Waals surface area (Å²) in [6.07, 6.45) is 0. The zero-order valence-electron chi connectivity index (χ0n) is 23.7. The van der Waals surface area contributed by atoms with Gasteiger partial charge in [-0.3, -0.25) is 0 Å². The highest BCUT2D eigenvalue weighted by Gasteiger charge is 2.18. The van der Waals surface area contributed by atoms with E-state index in [4.69, 9.17) is 0 Å². The van der Waals surface area contributed by atoms with Crippen LogP contribution in [0.2, 0.25) is 0 Å². The predicted molar refractivity (Wildman–Crippen MR) is 196 cm³/mol. The molecular formula is C42H24S2. The third-order valence-electron chi connectivity index (χ3n) is 9.23. The average molecular weight is 593 g/mol. The molecule has 0 fully saturated rings. The van der Waals surface area contributed by atoms with E-state index in [9.17, 15) is 0 Å². The molecule has 0 radical (unpaired) electrons. The van der Waals surface area contributed by atoms with E-state index < -0.39 is 0 Å². The van der Waals surface area contributed by atoms with E-state index in [2.05, 4.69) is 146 Å². The Balaban J connectivity index is 1.29. The van der Waals surface area contributed by atoms with Gasteiger partial charge in [0.05, 0.1) is 0 Å².